The quantitative estimate of drug-likeness (QED) is 0.200. The molecule has 2 amide bonds. The van der Waals surface area contributed by atoms with E-state index in [4.69, 9.17) is 15.9 Å². The topological polar surface area (TPSA) is 169 Å². The summed E-state index contributed by atoms with van der Waals surface area (Å²) < 4.78 is 30.3. The molecule has 1 atom stereocenters. The van der Waals surface area contributed by atoms with Crippen LogP contribution >= 0.6 is 0 Å². The minimum Gasteiger partial charge on any atom is -0.466 e. The third kappa shape index (κ3) is 8.66. The first kappa shape index (κ1) is 26.5. The van der Waals surface area contributed by atoms with Crippen molar-refractivity contribution in [1.29, 1.82) is 5.41 Å². The van der Waals surface area contributed by atoms with E-state index in [1.54, 1.807) is 49.4 Å². The van der Waals surface area contributed by atoms with Crippen molar-refractivity contribution in [2.24, 2.45) is 5.73 Å². The normalized spacial score (nSPS) is 11.8. The molecular weight excluding hydrogens is 460 g/mol. The largest absolute Gasteiger partial charge is 0.466 e. The van der Waals surface area contributed by atoms with Crippen LogP contribution in [0.15, 0.2) is 59.5 Å². The number of nitrogens with two attached hydrogens (primary N) is 1. The third-order valence-corrected chi connectivity index (χ3v) is 6.50. The van der Waals surface area contributed by atoms with Crippen LogP contribution in [-0.4, -0.2) is 50.4 Å². The van der Waals surface area contributed by atoms with E-state index in [0.29, 0.717) is 11.3 Å². The number of rotatable bonds is 12. The zero-order valence-corrected chi connectivity index (χ0v) is 19.6. The molecule has 0 saturated heterocycles. The van der Waals surface area contributed by atoms with Gasteiger partial charge in [0.05, 0.1) is 29.7 Å². The Balaban J connectivity index is 1.96. The number of anilines is 1. The Hall–Kier alpha value is -3.73. The highest BCUT2D eigenvalue weighted by atomic mass is 32.2. The van der Waals surface area contributed by atoms with Gasteiger partial charge in [0.15, 0.2) is 9.84 Å². The molecule has 0 aliphatic heterocycles. The molecule has 11 heteroatoms. The highest BCUT2D eigenvalue weighted by Crippen LogP contribution is 2.14. The van der Waals surface area contributed by atoms with E-state index in [2.05, 4.69) is 10.6 Å². The summed E-state index contributed by atoms with van der Waals surface area (Å²) in [5, 5.41) is 12.5. The number of benzene rings is 2. The van der Waals surface area contributed by atoms with E-state index in [1.165, 1.54) is 12.1 Å². The number of nitrogen functional groups attached to an aromatic ring is 1. The fraction of sp³-hybridized carbons (Fsp3) is 0.304. The number of ether oxygens (including phenoxy) is 1. The number of carbonyl (C=O) groups is 3. The molecule has 0 bridgehead atoms. The minimum atomic E-state index is -3.77. The molecule has 2 rings (SSSR count). The van der Waals surface area contributed by atoms with Crippen LogP contribution in [-0.2, 0) is 29.0 Å². The Labute approximate surface area is 198 Å². The number of amides is 2. The number of sulfone groups is 1. The summed E-state index contributed by atoms with van der Waals surface area (Å²) in [4.78, 5) is 36.6. The molecule has 0 fully saturated rings. The average molecular weight is 489 g/mol. The van der Waals surface area contributed by atoms with E-state index in [-0.39, 0.29) is 36.6 Å². The molecule has 0 radical (unpaired) electrons. The molecule has 0 spiro atoms. The van der Waals surface area contributed by atoms with Crippen LogP contribution in [0.5, 0.6) is 0 Å². The van der Waals surface area contributed by atoms with Crippen molar-refractivity contribution in [3.8, 4) is 0 Å². The van der Waals surface area contributed by atoms with Crippen molar-refractivity contribution < 1.29 is 27.5 Å². The smallest absolute Gasteiger partial charge is 0.307 e. The highest BCUT2D eigenvalue weighted by Gasteiger charge is 2.25. The second-order valence-electron chi connectivity index (χ2n) is 7.41. The lowest BCUT2D eigenvalue weighted by molar-refractivity contribution is -0.143. The van der Waals surface area contributed by atoms with Gasteiger partial charge in [0.25, 0.3) is 0 Å². The van der Waals surface area contributed by atoms with Gasteiger partial charge in [0.1, 0.15) is 5.84 Å². The van der Waals surface area contributed by atoms with Crippen LogP contribution in [0.1, 0.15) is 31.7 Å². The van der Waals surface area contributed by atoms with Crippen LogP contribution < -0.4 is 16.4 Å². The predicted molar refractivity (Wildman–Crippen MR) is 127 cm³/mol. The highest BCUT2D eigenvalue weighted by molar-refractivity contribution is 7.91. The Morgan fingerprint density at radius 2 is 1.62 bits per heavy atom. The van der Waals surface area contributed by atoms with E-state index in [9.17, 15) is 22.8 Å². The summed E-state index contributed by atoms with van der Waals surface area (Å²) in [7, 11) is -3.77. The summed E-state index contributed by atoms with van der Waals surface area (Å²) in [6.45, 7) is 1.75. The number of esters is 1. The summed E-state index contributed by atoms with van der Waals surface area (Å²) >= 11 is 0. The maximum atomic E-state index is 12.7. The Morgan fingerprint density at radius 3 is 2.21 bits per heavy atom. The van der Waals surface area contributed by atoms with Gasteiger partial charge < -0.3 is 21.1 Å². The molecular formula is C23H28N4O6S. The SMILES string of the molecule is CCOC(=O)CC(CS(=O)(=O)c1ccccc1)NC(=O)CCC(=O)Nc1ccc(C(=N)N)cc1. The second-order valence-corrected chi connectivity index (χ2v) is 9.44. The van der Waals surface area contributed by atoms with Crippen molar-refractivity contribution in [3.63, 3.8) is 0 Å². The van der Waals surface area contributed by atoms with Gasteiger partial charge in [-0.2, -0.15) is 0 Å². The van der Waals surface area contributed by atoms with E-state index >= 15 is 0 Å². The first-order valence-electron chi connectivity index (χ1n) is 10.6. The summed E-state index contributed by atoms with van der Waals surface area (Å²) in [5.74, 6) is -2.22. The predicted octanol–water partition coefficient (Wildman–Crippen LogP) is 1.60. The van der Waals surface area contributed by atoms with Crippen LogP contribution in [0.4, 0.5) is 5.69 Å². The van der Waals surface area contributed by atoms with Gasteiger partial charge in [-0.05, 0) is 43.3 Å². The van der Waals surface area contributed by atoms with Crippen LogP contribution in [0.3, 0.4) is 0 Å². The third-order valence-electron chi connectivity index (χ3n) is 4.67. The van der Waals surface area contributed by atoms with Crippen LogP contribution in [0, 0.1) is 5.41 Å². The first-order valence-corrected chi connectivity index (χ1v) is 12.2. The van der Waals surface area contributed by atoms with Crippen LogP contribution in [0.25, 0.3) is 0 Å². The fourth-order valence-electron chi connectivity index (χ4n) is 3.05. The zero-order chi connectivity index (χ0) is 25.1. The minimum absolute atomic E-state index is 0.0771. The molecule has 182 valence electrons. The Kier molecular flexibility index (Phi) is 9.75. The Morgan fingerprint density at radius 1 is 1.00 bits per heavy atom. The van der Waals surface area contributed by atoms with Crippen molar-refractivity contribution in [2.45, 2.75) is 37.1 Å². The molecule has 0 aliphatic carbocycles. The fourth-order valence-corrected chi connectivity index (χ4v) is 4.54. The van der Waals surface area contributed by atoms with Crippen molar-refractivity contribution in [1.82, 2.24) is 5.32 Å². The average Bonchev–Trinajstić information content (AvgIpc) is 2.78. The molecule has 0 saturated carbocycles. The van der Waals surface area contributed by atoms with Crippen molar-refractivity contribution in [3.05, 3.63) is 60.2 Å². The lowest BCUT2D eigenvalue weighted by Gasteiger charge is -2.18. The number of hydrogen-bond donors (Lipinski definition) is 4. The first-order chi connectivity index (χ1) is 16.1. The molecule has 1 unspecified atom stereocenters. The van der Waals surface area contributed by atoms with Gasteiger partial charge in [0.2, 0.25) is 11.8 Å². The van der Waals surface area contributed by atoms with Crippen molar-refractivity contribution >= 4 is 39.1 Å². The summed E-state index contributed by atoms with van der Waals surface area (Å²) in [6, 6.07) is 13.0. The molecule has 34 heavy (non-hydrogen) atoms. The molecule has 10 nitrogen and oxygen atoms in total. The van der Waals surface area contributed by atoms with Gasteiger partial charge in [-0.1, -0.05) is 18.2 Å². The van der Waals surface area contributed by atoms with Crippen LogP contribution in [0.2, 0.25) is 0 Å². The van der Waals surface area contributed by atoms with E-state index < -0.39 is 39.4 Å². The Bertz CT molecular complexity index is 1120. The standard InChI is InChI=1S/C23H28N4O6S/c1-2-33-22(30)14-18(15-34(31,32)19-6-4-3-5-7-19)27-21(29)13-12-20(28)26-17-10-8-16(9-11-17)23(24)25/h3-11,18H,2,12-15H2,1H3,(H3,24,25)(H,26,28)(H,27,29). The lowest BCUT2D eigenvalue weighted by atomic mass is 10.2. The van der Waals surface area contributed by atoms with Gasteiger partial charge in [-0.25, -0.2) is 8.42 Å². The molecule has 0 aliphatic rings. The summed E-state index contributed by atoms with van der Waals surface area (Å²) in [5.41, 5.74) is 6.38. The van der Waals surface area contributed by atoms with Gasteiger partial charge in [0, 0.05) is 24.1 Å². The number of nitrogens with one attached hydrogen (secondary N) is 3. The molecule has 2 aromatic carbocycles. The zero-order valence-electron chi connectivity index (χ0n) is 18.7. The number of amidine groups is 1. The molecule has 2 aromatic rings. The molecule has 0 heterocycles. The maximum absolute atomic E-state index is 12.7. The molecule has 5 N–H and O–H groups in total. The lowest BCUT2D eigenvalue weighted by Crippen LogP contribution is -2.41. The molecule has 0 aromatic heterocycles. The number of carbonyl (C=O) groups excluding carboxylic acids is 3. The maximum Gasteiger partial charge on any atom is 0.307 e. The summed E-state index contributed by atoms with van der Waals surface area (Å²) in [6.07, 6.45) is -0.680. The van der Waals surface area contributed by atoms with Crippen molar-refractivity contribution in [2.75, 3.05) is 17.7 Å². The van der Waals surface area contributed by atoms with Gasteiger partial charge >= 0.3 is 5.97 Å². The van der Waals surface area contributed by atoms with Gasteiger partial charge in [-0.3, -0.25) is 19.8 Å². The van der Waals surface area contributed by atoms with Gasteiger partial charge in [-0.15, -0.1) is 0 Å². The van der Waals surface area contributed by atoms with E-state index in [0.717, 1.165) is 0 Å². The monoisotopic (exact) mass is 488 g/mol. The number of hydrogen-bond acceptors (Lipinski definition) is 7. The van der Waals surface area contributed by atoms with E-state index in [1.807, 2.05) is 0 Å². The second kappa shape index (κ2) is 12.5.